The highest BCUT2D eigenvalue weighted by atomic mass is 79.9. The minimum Gasteiger partial charge on any atom is -0.463 e. The highest BCUT2D eigenvalue weighted by Crippen LogP contribution is 2.26. The summed E-state index contributed by atoms with van der Waals surface area (Å²) in [5.74, 6) is 0.676. The van der Waals surface area contributed by atoms with Gasteiger partial charge in [0.25, 0.3) is 0 Å². The summed E-state index contributed by atoms with van der Waals surface area (Å²) in [7, 11) is -3.50. The average molecular weight is 399 g/mol. The van der Waals surface area contributed by atoms with Gasteiger partial charge in [0, 0.05) is 12.7 Å². The zero-order valence-electron chi connectivity index (χ0n) is 11.2. The van der Waals surface area contributed by atoms with Crippen LogP contribution in [-0.4, -0.2) is 13.4 Å². The Labute approximate surface area is 140 Å². The van der Waals surface area contributed by atoms with Crippen molar-refractivity contribution in [2.75, 3.05) is 0 Å². The first-order valence-electron chi connectivity index (χ1n) is 6.28. The lowest BCUT2D eigenvalue weighted by Crippen LogP contribution is -2.22. The number of pyridine rings is 1. The molecule has 0 aliphatic rings. The number of sulfonamides is 1. The van der Waals surface area contributed by atoms with Crippen LogP contribution in [0.3, 0.4) is 0 Å². The van der Waals surface area contributed by atoms with Gasteiger partial charge in [0.05, 0.1) is 10.0 Å². The topological polar surface area (TPSA) is 72.2 Å². The summed E-state index contributed by atoms with van der Waals surface area (Å²) >= 11 is 4.42. The maximum absolute atomic E-state index is 12.1. The van der Waals surface area contributed by atoms with Gasteiger partial charge in [-0.15, -0.1) is 11.3 Å². The van der Waals surface area contributed by atoms with Crippen molar-refractivity contribution in [2.24, 2.45) is 0 Å². The second-order valence-corrected chi connectivity index (χ2v) is 8.87. The van der Waals surface area contributed by atoms with Crippen molar-refractivity contribution in [1.29, 1.82) is 0 Å². The molecule has 0 spiro atoms. The fourth-order valence-corrected chi connectivity index (χ4v) is 4.86. The van der Waals surface area contributed by atoms with Crippen LogP contribution in [0.2, 0.25) is 0 Å². The molecule has 1 N–H and O–H groups in total. The van der Waals surface area contributed by atoms with Gasteiger partial charge in [-0.3, -0.25) is 4.98 Å². The second kappa shape index (κ2) is 6.33. The molecule has 0 radical (unpaired) electrons. The maximum atomic E-state index is 12.1. The molecule has 3 rings (SSSR count). The first-order valence-corrected chi connectivity index (χ1v) is 9.38. The Balaban J connectivity index is 1.69. The monoisotopic (exact) mass is 398 g/mol. The summed E-state index contributed by atoms with van der Waals surface area (Å²) in [5, 5.41) is 0. The average Bonchev–Trinajstić information content (AvgIpc) is 3.17. The molecule has 3 heterocycles. The molecule has 0 saturated carbocycles. The van der Waals surface area contributed by atoms with E-state index in [1.807, 2.05) is 12.1 Å². The minimum atomic E-state index is -3.50. The quantitative estimate of drug-likeness (QED) is 0.711. The van der Waals surface area contributed by atoms with Gasteiger partial charge in [0.1, 0.15) is 9.90 Å². The van der Waals surface area contributed by atoms with Crippen LogP contribution >= 0.6 is 27.3 Å². The second-order valence-electron chi connectivity index (χ2n) is 4.41. The zero-order valence-corrected chi connectivity index (χ0v) is 14.4. The van der Waals surface area contributed by atoms with Crippen LogP contribution in [0.4, 0.5) is 0 Å². The fourth-order valence-electron chi connectivity index (χ4n) is 1.79. The van der Waals surface area contributed by atoms with Crippen LogP contribution in [0, 0.1) is 0 Å². The Morgan fingerprint density at radius 1 is 1.23 bits per heavy atom. The lowest BCUT2D eigenvalue weighted by atomic mass is 10.2. The summed E-state index contributed by atoms with van der Waals surface area (Å²) in [5.41, 5.74) is 1.48. The highest BCUT2D eigenvalue weighted by Gasteiger charge is 2.16. The van der Waals surface area contributed by atoms with E-state index in [0.717, 1.165) is 9.35 Å². The van der Waals surface area contributed by atoms with Crippen LogP contribution < -0.4 is 4.72 Å². The molecule has 0 atom stereocenters. The lowest BCUT2D eigenvalue weighted by molar-refractivity contribution is 0.579. The highest BCUT2D eigenvalue weighted by molar-refractivity contribution is 9.11. The Hall–Kier alpha value is -1.48. The number of thiophene rings is 1. The number of hydrogen-bond donors (Lipinski definition) is 1. The van der Waals surface area contributed by atoms with Gasteiger partial charge in [-0.25, -0.2) is 13.1 Å². The number of rotatable bonds is 5. The van der Waals surface area contributed by atoms with Crippen LogP contribution in [0.5, 0.6) is 0 Å². The van der Waals surface area contributed by atoms with Crippen molar-refractivity contribution in [1.82, 2.24) is 9.71 Å². The number of halogens is 1. The van der Waals surface area contributed by atoms with E-state index in [1.54, 1.807) is 36.7 Å². The van der Waals surface area contributed by atoms with E-state index in [0.29, 0.717) is 11.5 Å². The molecular weight excluding hydrogens is 388 g/mol. The van der Waals surface area contributed by atoms with Gasteiger partial charge in [-0.1, -0.05) is 6.07 Å². The van der Waals surface area contributed by atoms with Crippen molar-refractivity contribution in [3.63, 3.8) is 0 Å². The first kappa shape index (κ1) is 15.4. The molecule has 0 aromatic carbocycles. The molecular formula is C14H11BrN2O3S2. The Bertz CT molecular complexity index is 856. The van der Waals surface area contributed by atoms with E-state index in [1.165, 1.54) is 11.3 Å². The van der Waals surface area contributed by atoms with Crippen molar-refractivity contribution in [3.05, 3.63) is 58.2 Å². The minimum absolute atomic E-state index is 0.184. The molecule has 8 heteroatoms. The maximum Gasteiger partial charge on any atom is 0.250 e. The number of aromatic nitrogens is 1. The van der Waals surface area contributed by atoms with Crippen molar-refractivity contribution in [3.8, 4) is 11.5 Å². The standard InChI is InChI=1S/C14H11BrN2O3S2/c15-13-5-6-14(21-13)22(18,19)17-9-10-3-4-11(16-8-10)12-2-1-7-20-12/h1-8,17H,9H2. The van der Waals surface area contributed by atoms with Crippen molar-refractivity contribution in [2.45, 2.75) is 10.8 Å². The van der Waals surface area contributed by atoms with Gasteiger partial charge in [0.2, 0.25) is 10.0 Å². The predicted molar refractivity (Wildman–Crippen MR) is 88.0 cm³/mol. The summed E-state index contributed by atoms with van der Waals surface area (Å²) in [6.45, 7) is 0.184. The molecule has 5 nitrogen and oxygen atoms in total. The van der Waals surface area contributed by atoms with Gasteiger partial charge in [0.15, 0.2) is 5.76 Å². The molecule has 22 heavy (non-hydrogen) atoms. The van der Waals surface area contributed by atoms with Crippen LogP contribution in [0.25, 0.3) is 11.5 Å². The normalized spacial score (nSPS) is 11.7. The third kappa shape index (κ3) is 3.46. The van der Waals surface area contributed by atoms with E-state index >= 15 is 0 Å². The van der Waals surface area contributed by atoms with E-state index < -0.39 is 10.0 Å². The Kier molecular flexibility index (Phi) is 4.44. The van der Waals surface area contributed by atoms with E-state index in [2.05, 4.69) is 25.6 Å². The molecule has 0 unspecified atom stereocenters. The van der Waals surface area contributed by atoms with Crippen molar-refractivity contribution < 1.29 is 12.8 Å². The lowest BCUT2D eigenvalue weighted by Gasteiger charge is -2.05. The third-order valence-electron chi connectivity index (χ3n) is 2.88. The molecule has 0 saturated heterocycles. The van der Waals surface area contributed by atoms with Gasteiger partial charge >= 0.3 is 0 Å². The molecule has 0 aliphatic heterocycles. The summed E-state index contributed by atoms with van der Waals surface area (Å²) in [6, 6.07) is 10.5. The van der Waals surface area contributed by atoms with Crippen LogP contribution in [0.1, 0.15) is 5.56 Å². The summed E-state index contributed by atoms with van der Waals surface area (Å²) in [6.07, 6.45) is 3.21. The molecule has 0 bridgehead atoms. The number of furan rings is 1. The molecule has 3 aromatic rings. The number of nitrogens with zero attached hydrogens (tertiary/aromatic N) is 1. The number of nitrogens with one attached hydrogen (secondary N) is 1. The fraction of sp³-hybridized carbons (Fsp3) is 0.0714. The van der Waals surface area contributed by atoms with Gasteiger partial charge in [-0.2, -0.15) is 0 Å². The van der Waals surface area contributed by atoms with Gasteiger partial charge in [-0.05, 0) is 51.8 Å². The molecule has 3 aromatic heterocycles. The summed E-state index contributed by atoms with van der Waals surface area (Å²) < 4.78 is 33.1. The van der Waals surface area contributed by atoms with Gasteiger partial charge < -0.3 is 4.42 Å². The summed E-state index contributed by atoms with van der Waals surface area (Å²) in [4.78, 5) is 4.27. The smallest absolute Gasteiger partial charge is 0.250 e. The van der Waals surface area contributed by atoms with E-state index in [9.17, 15) is 8.42 Å². The van der Waals surface area contributed by atoms with Crippen LogP contribution in [-0.2, 0) is 16.6 Å². The number of hydrogen-bond acceptors (Lipinski definition) is 5. The Morgan fingerprint density at radius 2 is 2.09 bits per heavy atom. The molecule has 0 fully saturated rings. The third-order valence-corrected chi connectivity index (χ3v) is 6.39. The predicted octanol–water partition coefficient (Wildman–Crippen LogP) is 3.64. The molecule has 0 amide bonds. The molecule has 114 valence electrons. The zero-order chi connectivity index (χ0) is 15.6. The van der Waals surface area contributed by atoms with E-state index in [-0.39, 0.29) is 10.8 Å². The first-order chi connectivity index (χ1) is 10.5. The Morgan fingerprint density at radius 3 is 2.68 bits per heavy atom. The SMILES string of the molecule is O=S(=O)(NCc1ccc(-c2ccco2)nc1)c1ccc(Br)s1. The van der Waals surface area contributed by atoms with Crippen molar-refractivity contribution >= 4 is 37.3 Å². The van der Waals surface area contributed by atoms with E-state index in [4.69, 9.17) is 4.42 Å². The van der Waals surface area contributed by atoms with Crippen LogP contribution in [0.15, 0.2) is 61.3 Å². The largest absolute Gasteiger partial charge is 0.463 e. The molecule has 0 aliphatic carbocycles.